The number of primary amides is 1. The van der Waals surface area contributed by atoms with Gasteiger partial charge in [-0.25, -0.2) is 9.37 Å². The molecule has 0 atom stereocenters. The van der Waals surface area contributed by atoms with E-state index in [-0.39, 0.29) is 5.56 Å². The van der Waals surface area contributed by atoms with E-state index in [4.69, 9.17) is 5.73 Å². The Morgan fingerprint density at radius 3 is 2.68 bits per heavy atom. The third-order valence-corrected chi connectivity index (χ3v) is 4.74. The topological polar surface area (TPSA) is 83.8 Å². The van der Waals surface area contributed by atoms with Crippen molar-refractivity contribution >= 4 is 16.9 Å². The molecule has 0 radical (unpaired) electrons. The number of aromatic amines is 1. The number of aromatic nitrogens is 2. The summed E-state index contributed by atoms with van der Waals surface area (Å²) in [6.45, 7) is 0.849. The van der Waals surface area contributed by atoms with Crippen LogP contribution in [0.5, 0.6) is 0 Å². The second-order valence-electron chi connectivity index (χ2n) is 6.50. The normalized spacial score (nSPS) is 14.6. The highest BCUT2D eigenvalue weighted by atomic mass is 19.1. The molecule has 1 aliphatic carbocycles. The number of carbonyl (C=O) groups excluding carboxylic acids is 1. The van der Waals surface area contributed by atoms with E-state index in [1.165, 1.54) is 30.9 Å². The van der Waals surface area contributed by atoms with Gasteiger partial charge in [0, 0.05) is 18.2 Å². The molecule has 1 saturated carbocycles. The van der Waals surface area contributed by atoms with Crippen LogP contribution in [0.3, 0.4) is 0 Å². The maximum Gasteiger partial charge on any atom is 0.251 e. The molecule has 1 aliphatic rings. The van der Waals surface area contributed by atoms with Crippen LogP contribution in [-0.4, -0.2) is 21.9 Å². The van der Waals surface area contributed by atoms with E-state index in [1.807, 2.05) is 24.3 Å². The van der Waals surface area contributed by atoms with Crippen LogP contribution in [0.2, 0.25) is 0 Å². The number of nitrogens with one attached hydrogen (secondary N) is 2. The van der Waals surface area contributed by atoms with Crippen molar-refractivity contribution in [1.82, 2.24) is 15.3 Å². The number of halogens is 1. The van der Waals surface area contributed by atoms with Gasteiger partial charge in [0.05, 0.1) is 11.1 Å². The molecule has 4 rings (SSSR count). The summed E-state index contributed by atoms with van der Waals surface area (Å²) in [4.78, 5) is 19.0. The molecular weight excluding hydrogens is 319 g/mol. The van der Waals surface area contributed by atoms with Crippen molar-refractivity contribution in [1.29, 1.82) is 0 Å². The van der Waals surface area contributed by atoms with Crippen molar-refractivity contribution in [2.45, 2.75) is 31.8 Å². The molecule has 1 amide bonds. The van der Waals surface area contributed by atoms with Crippen molar-refractivity contribution in [3.8, 4) is 11.4 Å². The van der Waals surface area contributed by atoms with Crippen molar-refractivity contribution < 1.29 is 9.18 Å². The van der Waals surface area contributed by atoms with Gasteiger partial charge in [-0.3, -0.25) is 4.79 Å². The summed E-state index contributed by atoms with van der Waals surface area (Å²) < 4.78 is 13.6. The predicted octanol–water partition coefficient (Wildman–Crippen LogP) is 3.11. The number of nitrogens with zero attached hydrogens (tertiary/aromatic N) is 1. The molecule has 0 spiro atoms. The van der Waals surface area contributed by atoms with Gasteiger partial charge in [0.1, 0.15) is 17.2 Å². The molecule has 3 aromatic rings. The molecule has 0 aliphatic heterocycles. The summed E-state index contributed by atoms with van der Waals surface area (Å²) >= 11 is 0. The summed E-state index contributed by atoms with van der Waals surface area (Å²) in [5.41, 5.74) is 8.33. The lowest BCUT2D eigenvalue weighted by atomic mass is 9.93. The SMILES string of the molecule is NC(=O)c1cc(F)cc2[nH]c(-c3ccc(CNC4CCC4)cc3)nc12. The third kappa shape index (κ3) is 3.13. The second-order valence-corrected chi connectivity index (χ2v) is 6.50. The molecule has 5 nitrogen and oxygen atoms in total. The summed E-state index contributed by atoms with van der Waals surface area (Å²) in [5.74, 6) is -0.629. The molecular formula is C19H19FN4O. The minimum absolute atomic E-state index is 0.0822. The summed E-state index contributed by atoms with van der Waals surface area (Å²) in [6, 6.07) is 11.1. The molecule has 0 unspecified atom stereocenters. The van der Waals surface area contributed by atoms with E-state index >= 15 is 0 Å². The van der Waals surface area contributed by atoms with Crippen LogP contribution in [0.25, 0.3) is 22.4 Å². The van der Waals surface area contributed by atoms with Gasteiger partial charge in [-0.1, -0.05) is 30.7 Å². The van der Waals surface area contributed by atoms with E-state index in [1.54, 1.807) is 0 Å². The van der Waals surface area contributed by atoms with Gasteiger partial charge in [-0.05, 0) is 30.5 Å². The van der Waals surface area contributed by atoms with E-state index < -0.39 is 11.7 Å². The fourth-order valence-electron chi connectivity index (χ4n) is 3.06. The van der Waals surface area contributed by atoms with Gasteiger partial charge in [-0.2, -0.15) is 0 Å². The van der Waals surface area contributed by atoms with E-state index in [2.05, 4.69) is 15.3 Å². The van der Waals surface area contributed by atoms with Gasteiger partial charge >= 0.3 is 0 Å². The van der Waals surface area contributed by atoms with Crippen molar-refractivity contribution in [2.75, 3.05) is 0 Å². The maximum atomic E-state index is 13.6. The summed E-state index contributed by atoms with van der Waals surface area (Å²) in [6.07, 6.45) is 3.84. The van der Waals surface area contributed by atoms with Crippen molar-refractivity contribution in [3.05, 3.63) is 53.3 Å². The maximum absolute atomic E-state index is 13.6. The minimum Gasteiger partial charge on any atom is -0.366 e. The fraction of sp³-hybridized carbons (Fsp3) is 0.263. The summed E-state index contributed by atoms with van der Waals surface area (Å²) in [7, 11) is 0. The Bertz CT molecular complexity index is 928. The number of benzene rings is 2. The first-order chi connectivity index (χ1) is 12.1. The van der Waals surface area contributed by atoms with Crippen LogP contribution in [-0.2, 0) is 6.54 Å². The molecule has 25 heavy (non-hydrogen) atoms. The molecule has 1 fully saturated rings. The van der Waals surface area contributed by atoms with Crippen LogP contribution in [0.1, 0.15) is 35.2 Å². The molecule has 1 aromatic heterocycles. The Balaban J connectivity index is 1.60. The van der Waals surface area contributed by atoms with Gasteiger partial charge in [0.15, 0.2) is 0 Å². The Labute approximate surface area is 144 Å². The Kier molecular flexibility index (Phi) is 3.97. The lowest BCUT2D eigenvalue weighted by Crippen LogP contribution is -2.34. The van der Waals surface area contributed by atoms with Crippen LogP contribution < -0.4 is 11.1 Å². The van der Waals surface area contributed by atoms with Gasteiger partial charge in [0.2, 0.25) is 0 Å². The molecule has 1 heterocycles. The highest BCUT2D eigenvalue weighted by molar-refractivity contribution is 6.04. The molecule has 6 heteroatoms. The molecule has 0 bridgehead atoms. The van der Waals surface area contributed by atoms with Crippen LogP contribution in [0.4, 0.5) is 4.39 Å². The number of fused-ring (bicyclic) bond motifs is 1. The first-order valence-electron chi connectivity index (χ1n) is 8.42. The number of imidazole rings is 1. The number of rotatable bonds is 5. The zero-order valence-corrected chi connectivity index (χ0v) is 13.7. The fourth-order valence-corrected chi connectivity index (χ4v) is 3.06. The van der Waals surface area contributed by atoms with Crippen LogP contribution in [0, 0.1) is 5.82 Å². The van der Waals surface area contributed by atoms with Crippen LogP contribution >= 0.6 is 0 Å². The average Bonchev–Trinajstić information content (AvgIpc) is 2.96. The predicted molar refractivity (Wildman–Crippen MR) is 94.5 cm³/mol. The van der Waals surface area contributed by atoms with Crippen LogP contribution in [0.15, 0.2) is 36.4 Å². The van der Waals surface area contributed by atoms with Gasteiger partial charge in [0.25, 0.3) is 5.91 Å². The highest BCUT2D eigenvalue weighted by Crippen LogP contribution is 2.24. The van der Waals surface area contributed by atoms with E-state index in [9.17, 15) is 9.18 Å². The minimum atomic E-state index is -0.694. The van der Waals surface area contributed by atoms with Crippen molar-refractivity contribution in [3.63, 3.8) is 0 Å². The summed E-state index contributed by atoms with van der Waals surface area (Å²) in [5, 5.41) is 3.53. The number of hydrogen-bond acceptors (Lipinski definition) is 3. The number of amides is 1. The molecule has 0 saturated heterocycles. The molecule has 4 N–H and O–H groups in total. The second kappa shape index (κ2) is 6.29. The van der Waals surface area contributed by atoms with Crippen molar-refractivity contribution in [2.24, 2.45) is 5.73 Å². The lowest BCUT2D eigenvalue weighted by molar-refractivity contribution is 0.100. The standard InChI is InChI=1S/C19H19FN4O/c20-13-8-15(18(21)25)17-16(9-13)23-19(24-17)12-6-4-11(5-7-12)10-22-14-2-1-3-14/h4-9,14,22H,1-3,10H2,(H2,21,25)(H,23,24). The van der Waals surface area contributed by atoms with Gasteiger partial charge < -0.3 is 16.0 Å². The molecule has 2 aromatic carbocycles. The average molecular weight is 338 g/mol. The van der Waals surface area contributed by atoms with E-state index in [0.717, 1.165) is 18.2 Å². The molecule has 128 valence electrons. The Morgan fingerprint density at radius 2 is 2.04 bits per heavy atom. The Morgan fingerprint density at radius 1 is 1.28 bits per heavy atom. The third-order valence-electron chi connectivity index (χ3n) is 4.74. The highest BCUT2D eigenvalue weighted by Gasteiger charge is 2.16. The zero-order chi connectivity index (χ0) is 17.4. The first-order valence-corrected chi connectivity index (χ1v) is 8.42. The largest absolute Gasteiger partial charge is 0.366 e. The lowest BCUT2D eigenvalue weighted by Gasteiger charge is -2.26. The monoisotopic (exact) mass is 338 g/mol. The Hall–Kier alpha value is -2.73. The number of hydrogen-bond donors (Lipinski definition) is 3. The smallest absolute Gasteiger partial charge is 0.251 e. The number of nitrogens with two attached hydrogens (primary N) is 1. The van der Waals surface area contributed by atoms with E-state index in [0.29, 0.717) is 22.9 Å². The van der Waals surface area contributed by atoms with Gasteiger partial charge in [-0.15, -0.1) is 0 Å². The first kappa shape index (κ1) is 15.8. The number of carbonyl (C=O) groups is 1. The quantitative estimate of drug-likeness (QED) is 0.668. The zero-order valence-electron chi connectivity index (χ0n) is 13.7. The number of H-pyrrole nitrogens is 1.